The highest BCUT2D eigenvalue weighted by atomic mass is 35.5. The van der Waals surface area contributed by atoms with E-state index in [0.29, 0.717) is 22.1 Å². The van der Waals surface area contributed by atoms with Gasteiger partial charge in [-0.3, -0.25) is 0 Å². The number of pyridine rings is 1. The summed E-state index contributed by atoms with van der Waals surface area (Å²) in [7, 11) is 0. The van der Waals surface area contributed by atoms with Crippen LogP contribution in [0, 0.1) is 11.3 Å². The quantitative estimate of drug-likeness (QED) is 0.698. The second-order valence-corrected chi connectivity index (χ2v) is 4.94. The number of halogens is 1. The molecule has 0 saturated heterocycles. The van der Waals surface area contributed by atoms with Crippen LogP contribution in [0.3, 0.4) is 0 Å². The second kappa shape index (κ2) is 5.31. The molecule has 3 aromatic rings. The van der Waals surface area contributed by atoms with Gasteiger partial charge in [-0.2, -0.15) is 5.26 Å². The van der Waals surface area contributed by atoms with Gasteiger partial charge >= 0.3 is 0 Å². The largest absolute Gasteiger partial charge is 0.397 e. The molecule has 0 fully saturated rings. The first-order valence-electron chi connectivity index (χ1n) is 6.29. The molecule has 0 spiro atoms. The number of nitrogens with one attached hydrogen (secondary N) is 1. The van der Waals surface area contributed by atoms with Gasteiger partial charge < -0.3 is 11.1 Å². The summed E-state index contributed by atoms with van der Waals surface area (Å²) in [4.78, 5) is 4.34. The molecule has 3 N–H and O–H groups in total. The lowest BCUT2D eigenvalue weighted by atomic mass is 10.1. The van der Waals surface area contributed by atoms with Crippen LogP contribution < -0.4 is 11.1 Å². The molecule has 5 heteroatoms. The number of nitrogens with two attached hydrogens (primary N) is 1. The lowest BCUT2D eigenvalue weighted by molar-refractivity contribution is 1.34. The van der Waals surface area contributed by atoms with Crippen molar-refractivity contribution >= 4 is 39.6 Å². The number of nitrogen functional groups attached to an aromatic ring is 1. The number of fused-ring (bicyclic) bond motifs is 1. The third-order valence-corrected chi connectivity index (χ3v) is 3.52. The normalized spacial score (nSPS) is 10.3. The fraction of sp³-hybridized carbons (Fsp3) is 0. The third kappa shape index (κ3) is 2.47. The van der Waals surface area contributed by atoms with Crippen LogP contribution in [-0.4, -0.2) is 4.98 Å². The maximum absolute atomic E-state index is 8.94. The van der Waals surface area contributed by atoms with Crippen LogP contribution in [0.25, 0.3) is 10.8 Å². The van der Waals surface area contributed by atoms with Gasteiger partial charge in [0.2, 0.25) is 0 Å². The molecule has 0 aliphatic rings. The Morgan fingerprint density at radius 3 is 2.81 bits per heavy atom. The molecule has 0 aliphatic heterocycles. The standard InChI is InChI=1S/C16H11ClN4/c17-14-5-4-13-12(15(14)19)6-7-20-16(13)21-11-3-1-2-10(8-11)9-18/h1-8H,19H2,(H,20,21). The summed E-state index contributed by atoms with van der Waals surface area (Å²) in [6, 6.07) is 14.8. The maximum atomic E-state index is 8.94. The third-order valence-electron chi connectivity index (χ3n) is 3.19. The van der Waals surface area contributed by atoms with Crippen LogP contribution in [-0.2, 0) is 0 Å². The summed E-state index contributed by atoms with van der Waals surface area (Å²) in [6.07, 6.45) is 1.67. The Bertz CT molecular complexity index is 868. The molecule has 0 atom stereocenters. The molecule has 0 aliphatic carbocycles. The molecule has 2 aromatic carbocycles. The highest BCUT2D eigenvalue weighted by Crippen LogP contribution is 2.32. The van der Waals surface area contributed by atoms with Crippen LogP contribution in [0.4, 0.5) is 17.2 Å². The molecule has 0 bridgehead atoms. The van der Waals surface area contributed by atoms with E-state index in [0.717, 1.165) is 16.5 Å². The van der Waals surface area contributed by atoms with Gasteiger partial charge in [-0.25, -0.2) is 4.98 Å². The molecule has 1 heterocycles. The van der Waals surface area contributed by atoms with Gasteiger partial charge in [0.05, 0.1) is 22.3 Å². The number of hydrogen-bond acceptors (Lipinski definition) is 4. The van der Waals surface area contributed by atoms with Gasteiger partial charge in [0.15, 0.2) is 0 Å². The van der Waals surface area contributed by atoms with Gasteiger partial charge in [-0.05, 0) is 36.4 Å². The number of nitriles is 1. The van der Waals surface area contributed by atoms with Crippen molar-refractivity contribution in [2.45, 2.75) is 0 Å². The van der Waals surface area contributed by atoms with Gasteiger partial charge in [-0.1, -0.05) is 17.7 Å². The van der Waals surface area contributed by atoms with Crippen molar-refractivity contribution in [3.05, 3.63) is 59.2 Å². The second-order valence-electron chi connectivity index (χ2n) is 4.53. The molecule has 0 unspecified atom stereocenters. The van der Waals surface area contributed by atoms with Crippen LogP contribution in [0.5, 0.6) is 0 Å². The fourth-order valence-corrected chi connectivity index (χ4v) is 2.32. The number of rotatable bonds is 2. The molecule has 0 radical (unpaired) electrons. The minimum Gasteiger partial charge on any atom is -0.397 e. The molecule has 4 nitrogen and oxygen atoms in total. The fourth-order valence-electron chi connectivity index (χ4n) is 2.15. The van der Waals surface area contributed by atoms with Crippen molar-refractivity contribution in [1.29, 1.82) is 5.26 Å². The van der Waals surface area contributed by atoms with Crippen molar-refractivity contribution in [3.8, 4) is 6.07 Å². The molecular formula is C16H11ClN4. The van der Waals surface area contributed by atoms with E-state index in [1.54, 1.807) is 24.4 Å². The molecule has 3 rings (SSSR count). The number of hydrogen-bond donors (Lipinski definition) is 2. The zero-order chi connectivity index (χ0) is 14.8. The molecule has 0 saturated carbocycles. The highest BCUT2D eigenvalue weighted by Gasteiger charge is 2.08. The minimum absolute atomic E-state index is 0.520. The summed E-state index contributed by atoms with van der Waals surface area (Å²) in [5.74, 6) is 0.672. The molecule has 102 valence electrons. The summed E-state index contributed by atoms with van der Waals surface area (Å²) in [5.41, 5.74) is 7.91. The summed E-state index contributed by atoms with van der Waals surface area (Å²) < 4.78 is 0. The first-order chi connectivity index (χ1) is 10.2. The van der Waals surface area contributed by atoms with E-state index in [1.165, 1.54) is 0 Å². The van der Waals surface area contributed by atoms with E-state index < -0.39 is 0 Å². The van der Waals surface area contributed by atoms with Gasteiger partial charge in [0.1, 0.15) is 5.82 Å². The average Bonchev–Trinajstić information content (AvgIpc) is 2.52. The predicted octanol–water partition coefficient (Wildman–Crippen LogP) is 4.09. The lowest BCUT2D eigenvalue weighted by Crippen LogP contribution is -1.97. The Morgan fingerprint density at radius 1 is 1.14 bits per heavy atom. The first-order valence-corrected chi connectivity index (χ1v) is 6.67. The first kappa shape index (κ1) is 13.2. The van der Waals surface area contributed by atoms with Gasteiger partial charge in [0.25, 0.3) is 0 Å². The van der Waals surface area contributed by atoms with Crippen molar-refractivity contribution in [1.82, 2.24) is 4.98 Å². The number of aromatic nitrogens is 1. The molecule has 0 amide bonds. The Balaban J connectivity index is 2.09. The van der Waals surface area contributed by atoms with Crippen molar-refractivity contribution in [2.75, 3.05) is 11.1 Å². The maximum Gasteiger partial charge on any atom is 0.138 e. The molecular weight excluding hydrogens is 284 g/mol. The van der Waals surface area contributed by atoms with Crippen LogP contribution in [0.1, 0.15) is 5.56 Å². The lowest BCUT2D eigenvalue weighted by Gasteiger charge is -2.11. The van der Waals surface area contributed by atoms with E-state index in [-0.39, 0.29) is 0 Å². The molecule has 1 aromatic heterocycles. The Morgan fingerprint density at radius 2 is 2.00 bits per heavy atom. The van der Waals surface area contributed by atoms with E-state index in [2.05, 4.69) is 16.4 Å². The van der Waals surface area contributed by atoms with Gasteiger partial charge in [-0.15, -0.1) is 0 Å². The number of anilines is 3. The van der Waals surface area contributed by atoms with E-state index >= 15 is 0 Å². The monoisotopic (exact) mass is 294 g/mol. The Hall–Kier alpha value is -2.77. The number of benzene rings is 2. The van der Waals surface area contributed by atoms with E-state index in [4.69, 9.17) is 22.6 Å². The average molecular weight is 295 g/mol. The smallest absolute Gasteiger partial charge is 0.138 e. The van der Waals surface area contributed by atoms with E-state index in [1.807, 2.05) is 24.3 Å². The van der Waals surface area contributed by atoms with Gasteiger partial charge in [0, 0.05) is 22.7 Å². The van der Waals surface area contributed by atoms with Crippen LogP contribution in [0.2, 0.25) is 5.02 Å². The minimum atomic E-state index is 0.520. The van der Waals surface area contributed by atoms with Crippen molar-refractivity contribution in [3.63, 3.8) is 0 Å². The Labute approximate surface area is 126 Å². The van der Waals surface area contributed by atoms with Crippen molar-refractivity contribution in [2.24, 2.45) is 0 Å². The summed E-state index contributed by atoms with van der Waals surface area (Å²) in [5, 5.41) is 14.4. The topological polar surface area (TPSA) is 74.7 Å². The summed E-state index contributed by atoms with van der Waals surface area (Å²) >= 11 is 6.04. The van der Waals surface area contributed by atoms with E-state index in [9.17, 15) is 0 Å². The summed E-state index contributed by atoms with van der Waals surface area (Å²) in [6.45, 7) is 0. The predicted molar refractivity (Wildman–Crippen MR) is 85.6 cm³/mol. The highest BCUT2D eigenvalue weighted by molar-refractivity contribution is 6.34. The SMILES string of the molecule is N#Cc1cccc(Nc2nccc3c(N)c(Cl)ccc23)c1. The molecule has 21 heavy (non-hydrogen) atoms. The number of nitrogens with zero attached hydrogens (tertiary/aromatic N) is 2. The van der Waals surface area contributed by atoms with Crippen LogP contribution >= 0.6 is 11.6 Å². The zero-order valence-corrected chi connectivity index (χ0v) is 11.7. The Kier molecular flexibility index (Phi) is 3.35. The van der Waals surface area contributed by atoms with Crippen molar-refractivity contribution < 1.29 is 0 Å². The zero-order valence-electron chi connectivity index (χ0n) is 11.0. The van der Waals surface area contributed by atoms with Crippen LogP contribution in [0.15, 0.2) is 48.7 Å².